The van der Waals surface area contributed by atoms with E-state index in [1.54, 1.807) is 35.8 Å². The molecule has 5 aliphatic heterocycles. The van der Waals surface area contributed by atoms with Crippen molar-refractivity contribution in [2.45, 2.75) is 156 Å². The van der Waals surface area contributed by atoms with Crippen LogP contribution in [-0.4, -0.2) is 238 Å². The number of alkyl halides is 3. The first kappa shape index (κ1) is 106. The van der Waals surface area contributed by atoms with Crippen LogP contribution in [-0.2, 0) is 31.0 Å². The van der Waals surface area contributed by atoms with Gasteiger partial charge in [0.05, 0.1) is 55.6 Å². The lowest BCUT2D eigenvalue weighted by Crippen LogP contribution is -2.46. The maximum atomic E-state index is 15.1. The number of anilines is 16. The summed E-state index contributed by atoms with van der Waals surface area (Å²) in [6, 6.07) is 22.2. The summed E-state index contributed by atoms with van der Waals surface area (Å²) in [6.07, 6.45) is 10.7. The molecular formula is C94H117Cl5F4N30O6S2. The molecule has 4 aromatic carbocycles. The van der Waals surface area contributed by atoms with Crippen molar-refractivity contribution in [3.05, 3.63) is 201 Å². The molecule has 141 heavy (non-hydrogen) atoms. The molecule has 14 N–H and O–H groups in total. The molecule has 36 nitrogen and oxygen atoms in total. The zero-order valence-electron chi connectivity index (χ0n) is 80.1. The number of likely N-dealkylation sites (tertiary alicyclic amines) is 4. The van der Waals surface area contributed by atoms with Gasteiger partial charge in [0.1, 0.15) is 43.1 Å². The number of aryl methyl sites for hydroxylation is 8. The molecule has 0 amide bonds. The van der Waals surface area contributed by atoms with E-state index in [1.807, 2.05) is 83.9 Å². The average molecular weight is 2080 g/mol. The molecule has 0 unspecified atom stereocenters. The second kappa shape index (κ2) is 47.3. The van der Waals surface area contributed by atoms with Gasteiger partial charge >= 0.3 is 6.18 Å². The van der Waals surface area contributed by atoms with Gasteiger partial charge in [0.25, 0.3) is 0 Å². The Labute approximate surface area is 841 Å². The van der Waals surface area contributed by atoms with Crippen molar-refractivity contribution in [1.82, 2.24) is 105 Å². The van der Waals surface area contributed by atoms with Gasteiger partial charge in [-0.25, -0.2) is 50.6 Å². The third-order valence-electron chi connectivity index (χ3n) is 25.4. The minimum atomic E-state index is -4.54. The third kappa shape index (κ3) is 29.1. The number of aromatic nitrogens is 16. The summed E-state index contributed by atoms with van der Waals surface area (Å²) >= 11 is 31.7. The second-order valence-corrected chi connectivity index (χ2v) is 41.9. The number of sulfonamides is 2. The van der Waals surface area contributed by atoms with Crippen LogP contribution in [0.25, 0.3) is 0 Å². The molecule has 13 heterocycles. The number of piperidine rings is 4. The van der Waals surface area contributed by atoms with Crippen molar-refractivity contribution in [2.24, 2.45) is 5.14 Å². The Bertz CT molecular complexity index is 6600. The summed E-state index contributed by atoms with van der Waals surface area (Å²) in [5.74, 6) is 6.77. The number of Topliss-reactive ketones (excluding diaryl/α,β-unsaturated/α-hetero) is 1. The number of nitrogens with zero attached hydrogens (tertiary/aromatic N) is 17. The molecular weight excluding hydrogens is 1960 g/mol. The average Bonchev–Trinajstić information content (AvgIpc) is 1.81. The Kier molecular flexibility index (Phi) is 35.4. The van der Waals surface area contributed by atoms with Gasteiger partial charge in [-0.15, -0.1) is 0 Å². The van der Waals surface area contributed by atoms with Crippen molar-refractivity contribution in [3.63, 3.8) is 0 Å². The summed E-state index contributed by atoms with van der Waals surface area (Å²) in [4.78, 5) is 55.4. The number of hydrogen-bond acceptors (Lipinski definition) is 30. The van der Waals surface area contributed by atoms with Gasteiger partial charge in [-0.2, -0.15) is 53.5 Å². The van der Waals surface area contributed by atoms with E-state index in [-0.39, 0.29) is 57.4 Å². The first-order valence-electron chi connectivity index (χ1n) is 46.4. The topological polar surface area (TPSA) is 451 Å². The number of carbonyl (C=O) groups is 1. The number of benzene rings is 4. The summed E-state index contributed by atoms with van der Waals surface area (Å²) in [5, 5.41) is 58.2. The van der Waals surface area contributed by atoms with Gasteiger partial charge < -0.3 is 62.0 Å². The van der Waals surface area contributed by atoms with Crippen LogP contribution in [0.2, 0.25) is 25.1 Å². The molecule has 0 atom stereocenters. The molecule has 0 aliphatic carbocycles. The Balaban J connectivity index is 0.000000150. The predicted octanol–water partition coefficient (Wildman–Crippen LogP) is 19.3. The van der Waals surface area contributed by atoms with Crippen LogP contribution in [0.3, 0.4) is 0 Å². The summed E-state index contributed by atoms with van der Waals surface area (Å²) < 4.78 is 108. The van der Waals surface area contributed by atoms with Crippen LogP contribution in [0.4, 0.5) is 111 Å². The number of rotatable bonds is 31. The summed E-state index contributed by atoms with van der Waals surface area (Å²) in [6.45, 7) is 27.8. The number of H-pyrrole nitrogens is 4. The molecule has 5 aliphatic rings. The van der Waals surface area contributed by atoms with Crippen molar-refractivity contribution in [3.8, 4) is 5.75 Å². The number of ether oxygens (including phenoxy) is 1. The number of methoxy groups -OCH3 is 1. The monoisotopic (exact) mass is 2080 g/mol. The van der Waals surface area contributed by atoms with Gasteiger partial charge in [0, 0.05) is 102 Å². The molecule has 8 aromatic heterocycles. The highest BCUT2D eigenvalue weighted by molar-refractivity contribution is 7.89. The number of ketones is 1. The third-order valence-corrected chi connectivity index (χ3v) is 29.5. The van der Waals surface area contributed by atoms with Crippen molar-refractivity contribution in [1.29, 1.82) is 0 Å². The first-order chi connectivity index (χ1) is 67.2. The quantitative estimate of drug-likeness (QED) is 0.0179. The van der Waals surface area contributed by atoms with E-state index in [0.29, 0.717) is 124 Å². The number of nitrogens with two attached hydrogens (primary N) is 1. The molecule has 47 heteroatoms. The van der Waals surface area contributed by atoms with Crippen molar-refractivity contribution in [2.75, 3.05) is 153 Å². The zero-order valence-corrected chi connectivity index (χ0v) is 85.5. The second-order valence-electron chi connectivity index (χ2n) is 36.0. The fraction of sp³-hybridized carbons (Fsp3) is 0.436. The van der Waals surface area contributed by atoms with Gasteiger partial charge in [0.15, 0.2) is 46.5 Å². The fourth-order valence-corrected chi connectivity index (χ4v) is 20.3. The predicted molar refractivity (Wildman–Crippen MR) is 547 cm³/mol. The standard InChI is InChI=1S/C25H32Cl2N8O2S.C25H29ClF3N7O.C22H28ClFN8O2S.C22H28ClN7O/c1-16-12-19(18-4-8-34(9-5-18)10-11-38(36,37)35-6-3-7-35)20(26)14-22(16)29-25-28-15-21(27)24(31-25)30-23-13-17(2)32-33-23;1-4-17(37)13-36-7-5-16(6-8-36)18-9-15(3)20(10-14(18)2)31-24-30-12-19(26)23(33-24)32-22-11-21(34-35-22)25(27,28)29;1-13-9-19(27-22-26-12-17(23)21(29-22)28-20-10-14(2)30-31-20)18(24)11-16(13)15-3-5-32(6-4-15)7-8-35(25,33)34;1-13-9-16(15-5-7-30(3)8-6-15)19(31-4)11-18(13)25-22-24-12-17(23)21(27-22)26-20-10-14(2)28-29-20/h12-15,18H,3-11H2,1-2H3,(H3,28,29,30,31,32,33);9-12,16H,4-8,13H2,1-3H3,(H3,30,31,32,33,34,35);9-12,15H,3-8H2,1-2H3,(H2,25,33,34)(H3,26,27,28,29,30,31);9-12,15H,5-8H2,1-4H3,(H3,24,25,26,27,28,29). The number of hydrogen-bond donors (Lipinski definition) is 13. The maximum absolute atomic E-state index is 15.1. The van der Waals surface area contributed by atoms with Crippen LogP contribution in [0.5, 0.6) is 5.75 Å². The van der Waals surface area contributed by atoms with E-state index < -0.39 is 37.7 Å². The highest BCUT2D eigenvalue weighted by Gasteiger charge is 2.35. The Hall–Kier alpha value is -11.3. The van der Waals surface area contributed by atoms with E-state index >= 15 is 4.39 Å². The van der Waals surface area contributed by atoms with E-state index in [4.69, 9.17) is 67.9 Å². The van der Waals surface area contributed by atoms with Crippen LogP contribution >= 0.6 is 58.0 Å². The first-order valence-corrected chi connectivity index (χ1v) is 51.6. The van der Waals surface area contributed by atoms with Crippen LogP contribution in [0.1, 0.15) is 168 Å². The Morgan fingerprint density at radius 1 is 0.440 bits per heavy atom. The molecule has 0 saturated carbocycles. The van der Waals surface area contributed by atoms with Crippen LogP contribution in [0.15, 0.2) is 97.6 Å². The lowest BCUT2D eigenvalue weighted by molar-refractivity contribution is -0.141. The SMILES string of the molecule is CCC(=O)CN1CCC(c2cc(C)c(Nc3ncc(Cl)c(Nc4cc(C(F)(F)F)[nH]n4)n3)cc2C)CC1.COc1cc(Nc2ncc(Cl)c(Nc3cc(C)[nH]n3)n2)c(C)cc1C1CCN(C)CC1.Cc1cc(Nc2nc(Nc3cc(C)c(C4CCN(CCS(N)(=O)=O)CC4)cc3F)ncc2Cl)n[nH]1.Cc1cc(Nc2nc(Nc3cc(Cl)c(C4CCN(CCS(=O)(=O)N5CCC5)CC4)cc3C)ncc2Cl)n[nH]1. The van der Waals surface area contributed by atoms with E-state index in [9.17, 15) is 34.8 Å². The smallest absolute Gasteiger partial charge is 0.432 e. The minimum Gasteiger partial charge on any atom is -0.496 e. The van der Waals surface area contributed by atoms with E-state index in [2.05, 4.69) is 177 Å². The lowest BCUT2D eigenvalue weighted by Gasteiger charge is -2.34. The molecule has 0 radical (unpaired) electrons. The summed E-state index contributed by atoms with van der Waals surface area (Å²) in [5.41, 5.74) is 14.4. The number of aromatic amines is 4. The number of halogens is 9. The number of carbonyl (C=O) groups excluding carboxylic acids is 1. The van der Waals surface area contributed by atoms with E-state index in [1.165, 1.54) is 29.7 Å². The summed E-state index contributed by atoms with van der Waals surface area (Å²) in [7, 11) is -2.69. The molecule has 754 valence electrons. The van der Waals surface area contributed by atoms with Crippen LogP contribution < -0.4 is 52.4 Å². The van der Waals surface area contributed by atoms with E-state index in [0.717, 1.165) is 195 Å². The van der Waals surface area contributed by atoms with Gasteiger partial charge in [-0.1, -0.05) is 83.1 Å². The van der Waals surface area contributed by atoms with Crippen molar-refractivity contribution < 1.29 is 43.9 Å². The molecule has 0 bridgehead atoms. The molecule has 12 aromatic rings. The van der Waals surface area contributed by atoms with Crippen LogP contribution in [0, 0.1) is 61.2 Å². The molecule has 17 rings (SSSR count). The van der Waals surface area contributed by atoms with Gasteiger partial charge in [-0.05, 0) is 271 Å². The Morgan fingerprint density at radius 3 is 1.20 bits per heavy atom. The Morgan fingerprint density at radius 2 is 0.801 bits per heavy atom. The molecule has 5 fully saturated rings. The van der Waals surface area contributed by atoms with Crippen molar-refractivity contribution >= 4 is 177 Å². The molecule has 5 saturated heterocycles. The molecule has 0 spiro atoms. The minimum absolute atomic E-state index is 0.0585. The normalized spacial score (nSPS) is 15.8. The zero-order chi connectivity index (χ0) is 101. The highest BCUT2D eigenvalue weighted by Crippen LogP contribution is 2.43. The fourth-order valence-electron chi connectivity index (χ4n) is 17.4. The largest absolute Gasteiger partial charge is 0.496 e. The van der Waals surface area contributed by atoms with Gasteiger partial charge in [-0.3, -0.25) is 30.1 Å². The maximum Gasteiger partial charge on any atom is 0.432 e. The highest BCUT2D eigenvalue weighted by atomic mass is 35.5. The number of nitrogens with one attached hydrogen (secondary N) is 12. The lowest BCUT2D eigenvalue weighted by atomic mass is 9.85. The number of primary sulfonamides is 1. The van der Waals surface area contributed by atoms with Gasteiger partial charge in [0.2, 0.25) is 43.8 Å².